The van der Waals surface area contributed by atoms with Gasteiger partial charge in [-0.25, -0.2) is 9.59 Å². The van der Waals surface area contributed by atoms with Crippen molar-refractivity contribution in [3.05, 3.63) is 131 Å². The van der Waals surface area contributed by atoms with Crippen LogP contribution in [0.2, 0.25) is 0 Å². The van der Waals surface area contributed by atoms with Gasteiger partial charge in [-0.05, 0) is 152 Å². The molecule has 2 spiro atoms. The molecule has 2 saturated heterocycles. The topological polar surface area (TPSA) is 146 Å². The number of hydrogen-bond donors (Lipinski definition) is 0. The predicted octanol–water partition coefficient (Wildman–Crippen LogP) is 6.61. The molecule has 360 valence electrons. The van der Waals surface area contributed by atoms with Crippen molar-refractivity contribution >= 4 is 46.8 Å². The first-order chi connectivity index (χ1) is 31.2. The first-order valence-electron chi connectivity index (χ1n) is 22.6. The summed E-state index contributed by atoms with van der Waals surface area (Å²) in [7, 11) is 7.71. The summed E-state index contributed by atoms with van der Waals surface area (Å²) in [5.74, 6) is -2.05. The van der Waals surface area contributed by atoms with Crippen LogP contribution in [0.1, 0.15) is 114 Å². The van der Waals surface area contributed by atoms with Gasteiger partial charge in [-0.15, -0.1) is 0 Å². The van der Waals surface area contributed by atoms with Crippen molar-refractivity contribution in [2.75, 3.05) is 38.0 Å². The first-order valence-corrected chi connectivity index (χ1v) is 22.6. The van der Waals surface area contributed by atoms with Crippen molar-refractivity contribution in [3.8, 4) is 0 Å². The molecule has 0 radical (unpaired) electrons. The minimum atomic E-state index is -1.04. The number of hydrogen-bond acceptors (Lipinski definition) is 12. The van der Waals surface area contributed by atoms with Crippen molar-refractivity contribution in [1.29, 1.82) is 0 Å². The van der Waals surface area contributed by atoms with Crippen LogP contribution in [0.4, 0.5) is 11.4 Å². The Hall–Kier alpha value is -5.57. The van der Waals surface area contributed by atoms with Crippen LogP contribution in [0.25, 0.3) is 0 Å². The molecular formula is C54H66IN2O10-. The lowest BCUT2D eigenvalue weighted by atomic mass is 9.69. The molecule has 2 fully saturated rings. The highest BCUT2D eigenvalue weighted by Gasteiger charge is 2.56. The molecule has 13 heteroatoms. The maximum absolute atomic E-state index is 13.0. The summed E-state index contributed by atoms with van der Waals surface area (Å²) in [6.45, 7) is 12.2. The van der Waals surface area contributed by atoms with Crippen LogP contribution in [-0.2, 0) is 38.1 Å². The van der Waals surface area contributed by atoms with Gasteiger partial charge in [0.25, 0.3) is 0 Å². The molecule has 0 amide bonds. The van der Waals surface area contributed by atoms with E-state index in [4.69, 9.17) is 18.9 Å². The zero-order chi connectivity index (χ0) is 48.3. The second kappa shape index (κ2) is 23.9. The summed E-state index contributed by atoms with van der Waals surface area (Å²) >= 11 is 0. The summed E-state index contributed by atoms with van der Waals surface area (Å²) < 4.78 is 22.5. The largest absolute Gasteiger partial charge is 1.00 e. The lowest BCUT2D eigenvalue weighted by molar-refractivity contribution is -0.141. The smallest absolute Gasteiger partial charge is 0.338 e. The number of carbonyl (C=O) groups excluding carboxylic acids is 6. The standard InChI is InChI=1S/2C27H33NO5.HI/c2*1-18(2)7-6-8-19(3)15-24-27(17-25(30)33-24)16-22(13-14-23(27)29)32-26(31)20-9-11-21(12-10-20)28(4)5;/h2*7,9-15,22,24H,6,8,16-17H2,1-5H3;1H/p-1/b2*19-15+;/t2*22-,24-,27?;/m11./s1. The van der Waals surface area contributed by atoms with Gasteiger partial charge in [-0.2, -0.15) is 0 Å². The Bertz CT molecular complexity index is 2170. The molecule has 0 bridgehead atoms. The molecule has 0 saturated carbocycles. The number of cyclic esters (lactones) is 2. The Balaban J connectivity index is 0.000000288. The van der Waals surface area contributed by atoms with Crippen LogP contribution in [0.3, 0.4) is 0 Å². The lowest BCUT2D eigenvalue weighted by Gasteiger charge is -2.34. The number of ether oxygens (including phenoxy) is 4. The summed E-state index contributed by atoms with van der Waals surface area (Å²) in [6, 6.07) is 14.3. The number of halogens is 1. The van der Waals surface area contributed by atoms with Gasteiger partial charge < -0.3 is 52.7 Å². The second-order valence-corrected chi connectivity index (χ2v) is 18.8. The monoisotopic (exact) mass is 1030 g/mol. The third-order valence-electron chi connectivity index (χ3n) is 12.4. The number of allylic oxidation sites excluding steroid dienone is 8. The minimum absolute atomic E-state index is 0. The second-order valence-electron chi connectivity index (χ2n) is 18.8. The molecule has 2 aliphatic heterocycles. The number of anilines is 2. The molecule has 12 nitrogen and oxygen atoms in total. The van der Waals surface area contributed by atoms with Gasteiger partial charge in [0.15, 0.2) is 11.6 Å². The normalized spacial score (nSPS) is 24.2. The van der Waals surface area contributed by atoms with Crippen LogP contribution in [0.15, 0.2) is 119 Å². The van der Waals surface area contributed by atoms with E-state index in [2.05, 4.69) is 39.8 Å². The fourth-order valence-corrected chi connectivity index (χ4v) is 8.53. The highest BCUT2D eigenvalue weighted by atomic mass is 127. The Morgan fingerprint density at radius 2 is 0.940 bits per heavy atom. The van der Waals surface area contributed by atoms with Gasteiger partial charge in [0.2, 0.25) is 0 Å². The molecule has 2 aromatic carbocycles. The Kier molecular flexibility index (Phi) is 19.3. The zero-order valence-electron chi connectivity index (χ0n) is 40.6. The van der Waals surface area contributed by atoms with Gasteiger partial charge in [-0.1, -0.05) is 34.4 Å². The number of benzene rings is 2. The van der Waals surface area contributed by atoms with Gasteiger partial charge in [0.1, 0.15) is 24.4 Å². The minimum Gasteiger partial charge on any atom is -1.00 e. The SMILES string of the molecule is CC(C)=CCC/C(C)=C/[C@H]1OC(=O)CC12C[C@H](OC(=O)c1ccc(N(C)C)cc1)C=CC2=O.CC(C)=CCC/C(C)=C/[C@H]1OC(=O)CC12C[C@H](OC(=O)c1ccc(N(C)C)cc1)C=CC2=O.[I-]. The van der Waals surface area contributed by atoms with E-state index in [0.717, 1.165) is 48.2 Å². The van der Waals surface area contributed by atoms with Crippen LogP contribution in [0, 0.1) is 10.8 Å². The maximum atomic E-state index is 13.0. The van der Waals surface area contributed by atoms with E-state index in [1.807, 2.05) is 88.3 Å². The molecule has 67 heavy (non-hydrogen) atoms. The molecule has 0 aromatic heterocycles. The predicted molar refractivity (Wildman–Crippen MR) is 256 cm³/mol. The summed E-state index contributed by atoms with van der Waals surface area (Å²) in [4.78, 5) is 79.7. The number of ketones is 2. The average Bonchev–Trinajstić information content (AvgIpc) is 3.73. The fourth-order valence-electron chi connectivity index (χ4n) is 8.53. The molecule has 0 N–H and O–H groups in total. The number of esters is 4. The number of carbonyl (C=O) groups is 6. The highest BCUT2D eigenvalue weighted by molar-refractivity contribution is 6.01. The molecular weight excluding hydrogens is 964 g/mol. The molecule has 4 aliphatic rings. The van der Waals surface area contributed by atoms with E-state index in [9.17, 15) is 28.8 Å². The van der Waals surface area contributed by atoms with E-state index >= 15 is 0 Å². The molecule has 2 aliphatic carbocycles. The Labute approximate surface area is 413 Å². The quantitative estimate of drug-likeness (QED) is 0.0870. The molecule has 2 unspecified atom stereocenters. The maximum Gasteiger partial charge on any atom is 0.338 e. The van der Waals surface area contributed by atoms with Crippen molar-refractivity contribution in [2.24, 2.45) is 10.8 Å². The van der Waals surface area contributed by atoms with Crippen LogP contribution < -0.4 is 33.8 Å². The van der Waals surface area contributed by atoms with Crippen molar-refractivity contribution in [3.63, 3.8) is 0 Å². The molecule has 6 rings (SSSR count). The van der Waals surface area contributed by atoms with Gasteiger partial charge in [-0.3, -0.25) is 19.2 Å². The first kappa shape index (κ1) is 54.0. The lowest BCUT2D eigenvalue weighted by Crippen LogP contribution is -3.00. The van der Waals surface area contributed by atoms with Crippen molar-refractivity contribution in [1.82, 2.24) is 0 Å². The number of rotatable bonds is 14. The van der Waals surface area contributed by atoms with E-state index < -0.39 is 59.1 Å². The highest BCUT2D eigenvalue weighted by Crippen LogP contribution is 2.47. The van der Waals surface area contributed by atoms with Crippen LogP contribution >= 0.6 is 0 Å². The summed E-state index contributed by atoms with van der Waals surface area (Å²) in [5.41, 5.74) is 5.37. The number of nitrogens with zero attached hydrogens (tertiary/aromatic N) is 2. The fraction of sp³-hybridized carbons (Fsp3) is 0.444. The van der Waals surface area contributed by atoms with E-state index in [1.165, 1.54) is 23.3 Å². The van der Waals surface area contributed by atoms with Gasteiger partial charge in [0, 0.05) is 52.4 Å². The molecule has 2 aromatic rings. The average molecular weight is 1030 g/mol. The van der Waals surface area contributed by atoms with E-state index in [-0.39, 0.29) is 61.2 Å². The third kappa shape index (κ3) is 14.2. The van der Waals surface area contributed by atoms with Crippen molar-refractivity contribution < 1.29 is 71.7 Å². The zero-order valence-corrected chi connectivity index (χ0v) is 42.7. The summed E-state index contributed by atoms with van der Waals surface area (Å²) in [6.07, 6.45) is 15.4. The van der Waals surface area contributed by atoms with Gasteiger partial charge >= 0.3 is 23.9 Å². The van der Waals surface area contributed by atoms with Crippen LogP contribution in [0.5, 0.6) is 0 Å². The van der Waals surface area contributed by atoms with Crippen LogP contribution in [-0.4, -0.2) is 88.1 Å². The summed E-state index contributed by atoms with van der Waals surface area (Å²) in [5, 5.41) is 0. The molecule has 2 heterocycles. The van der Waals surface area contributed by atoms with Gasteiger partial charge in [0.05, 0.1) is 34.8 Å². The Morgan fingerprint density at radius 3 is 1.25 bits per heavy atom. The van der Waals surface area contributed by atoms with Crippen molar-refractivity contribution in [2.45, 2.75) is 117 Å². The Morgan fingerprint density at radius 1 is 0.597 bits per heavy atom. The van der Waals surface area contributed by atoms with E-state index in [0.29, 0.717) is 11.1 Å². The molecule has 6 atom stereocenters. The third-order valence-corrected chi connectivity index (χ3v) is 12.4. The van der Waals surface area contributed by atoms with E-state index in [1.54, 1.807) is 36.4 Å².